The maximum atomic E-state index is 12.1. The third-order valence-corrected chi connectivity index (χ3v) is 5.02. The number of hydrogen-bond acceptors (Lipinski definition) is 8. The molecule has 10 heteroatoms. The molecule has 1 amide bonds. The van der Waals surface area contributed by atoms with Crippen molar-refractivity contribution in [1.29, 1.82) is 0 Å². The Balaban J connectivity index is 1.70. The zero-order valence-corrected chi connectivity index (χ0v) is 16.2. The number of benzene rings is 1. The Kier molecular flexibility index (Phi) is 5.64. The number of aryl methyl sites for hydroxylation is 1. The van der Waals surface area contributed by atoms with Gasteiger partial charge in [-0.1, -0.05) is 12.1 Å². The van der Waals surface area contributed by atoms with Crippen molar-refractivity contribution in [3.8, 4) is 0 Å². The number of nitrogens with one attached hydrogen (secondary N) is 1. The Hall–Kier alpha value is -3.66. The lowest BCUT2D eigenvalue weighted by atomic mass is 10.1. The number of amides is 1. The van der Waals surface area contributed by atoms with Crippen LogP contribution in [-0.4, -0.2) is 21.6 Å². The summed E-state index contributed by atoms with van der Waals surface area (Å²) in [4.78, 5) is 51.3. The standard InChI is InChI=1S/C19H15N3O6S/c1-10-9-29-18-16(10)19(25)28-17(21-18)11(2)20-15(24)7-6-14(23)12-4-3-5-13(8-12)22(26)27/h3-9,11H,1-2H3,(H,20,24)/t11-/m0/s1. The van der Waals surface area contributed by atoms with Gasteiger partial charge in [-0.2, -0.15) is 0 Å². The molecule has 0 aliphatic rings. The molecule has 0 bridgehead atoms. The van der Waals surface area contributed by atoms with Gasteiger partial charge < -0.3 is 9.73 Å². The molecule has 2 heterocycles. The normalized spacial score (nSPS) is 12.2. The zero-order valence-electron chi connectivity index (χ0n) is 15.4. The summed E-state index contributed by atoms with van der Waals surface area (Å²) in [6.07, 6.45) is 2.01. The number of carbonyl (C=O) groups excluding carboxylic acids is 2. The molecule has 0 radical (unpaired) electrons. The predicted molar refractivity (Wildman–Crippen MR) is 106 cm³/mol. The van der Waals surface area contributed by atoms with Gasteiger partial charge in [0.1, 0.15) is 10.9 Å². The highest BCUT2D eigenvalue weighted by Crippen LogP contribution is 2.22. The van der Waals surface area contributed by atoms with Crippen LogP contribution >= 0.6 is 11.3 Å². The van der Waals surface area contributed by atoms with E-state index in [1.807, 2.05) is 0 Å². The van der Waals surface area contributed by atoms with Crippen LogP contribution in [0.15, 0.2) is 51.0 Å². The first kappa shape index (κ1) is 20.1. The summed E-state index contributed by atoms with van der Waals surface area (Å²) in [5, 5.41) is 15.5. The van der Waals surface area contributed by atoms with Gasteiger partial charge in [0.25, 0.3) is 5.69 Å². The molecule has 0 fully saturated rings. The molecule has 0 aliphatic carbocycles. The monoisotopic (exact) mass is 413 g/mol. The van der Waals surface area contributed by atoms with E-state index in [0.717, 1.165) is 23.8 Å². The largest absolute Gasteiger partial charge is 0.406 e. The lowest BCUT2D eigenvalue weighted by Crippen LogP contribution is -2.26. The molecule has 0 saturated heterocycles. The smallest absolute Gasteiger partial charge is 0.348 e. The number of rotatable bonds is 6. The Morgan fingerprint density at radius 2 is 2.10 bits per heavy atom. The van der Waals surface area contributed by atoms with Crippen LogP contribution in [0.2, 0.25) is 0 Å². The highest BCUT2D eigenvalue weighted by Gasteiger charge is 2.17. The molecule has 148 valence electrons. The van der Waals surface area contributed by atoms with Crippen molar-refractivity contribution in [2.24, 2.45) is 0 Å². The molecule has 0 saturated carbocycles. The van der Waals surface area contributed by atoms with Crippen molar-refractivity contribution < 1.29 is 18.9 Å². The minimum absolute atomic E-state index is 0.0520. The van der Waals surface area contributed by atoms with Gasteiger partial charge in [0, 0.05) is 23.8 Å². The number of fused-ring (bicyclic) bond motifs is 1. The van der Waals surface area contributed by atoms with Crippen molar-refractivity contribution in [3.63, 3.8) is 0 Å². The number of non-ortho nitro benzene ring substituents is 1. The van der Waals surface area contributed by atoms with Gasteiger partial charge >= 0.3 is 5.63 Å². The third kappa shape index (κ3) is 4.43. The summed E-state index contributed by atoms with van der Waals surface area (Å²) in [5.41, 5.74) is 0.114. The van der Waals surface area contributed by atoms with Crippen molar-refractivity contribution in [1.82, 2.24) is 10.3 Å². The van der Waals surface area contributed by atoms with E-state index in [2.05, 4.69) is 10.3 Å². The lowest BCUT2D eigenvalue weighted by molar-refractivity contribution is -0.384. The Bertz CT molecular complexity index is 1210. The van der Waals surface area contributed by atoms with E-state index in [1.54, 1.807) is 19.2 Å². The molecule has 3 rings (SSSR count). The summed E-state index contributed by atoms with van der Waals surface area (Å²) < 4.78 is 5.19. The quantitative estimate of drug-likeness (QED) is 0.284. The highest BCUT2D eigenvalue weighted by atomic mass is 32.1. The van der Waals surface area contributed by atoms with Crippen LogP contribution in [0.25, 0.3) is 10.2 Å². The summed E-state index contributed by atoms with van der Waals surface area (Å²) in [6, 6.07) is 4.49. The van der Waals surface area contributed by atoms with Crippen LogP contribution in [0.3, 0.4) is 0 Å². The first-order valence-corrected chi connectivity index (χ1v) is 9.30. The van der Waals surface area contributed by atoms with Crippen LogP contribution in [-0.2, 0) is 4.79 Å². The van der Waals surface area contributed by atoms with Crippen LogP contribution in [0.5, 0.6) is 0 Å². The van der Waals surface area contributed by atoms with E-state index in [-0.39, 0.29) is 17.1 Å². The molecule has 1 aromatic carbocycles. The van der Waals surface area contributed by atoms with Gasteiger partial charge in [0.05, 0.1) is 10.3 Å². The number of ketones is 1. The number of carbonyl (C=O) groups is 2. The minimum atomic E-state index is -0.709. The average Bonchev–Trinajstić information content (AvgIpc) is 3.07. The van der Waals surface area contributed by atoms with E-state index in [4.69, 9.17) is 4.42 Å². The first-order chi connectivity index (χ1) is 13.8. The number of allylic oxidation sites excluding steroid dienone is 1. The molecular weight excluding hydrogens is 398 g/mol. The fraction of sp³-hybridized carbons (Fsp3) is 0.158. The topological polar surface area (TPSA) is 132 Å². The van der Waals surface area contributed by atoms with Gasteiger partial charge in [-0.25, -0.2) is 9.78 Å². The number of nitro benzene ring substituents is 1. The summed E-state index contributed by atoms with van der Waals surface area (Å²) >= 11 is 1.30. The number of thiophene rings is 1. The van der Waals surface area contributed by atoms with Crippen LogP contribution in [0.1, 0.15) is 34.8 Å². The highest BCUT2D eigenvalue weighted by molar-refractivity contribution is 7.16. The summed E-state index contributed by atoms with van der Waals surface area (Å²) in [7, 11) is 0. The minimum Gasteiger partial charge on any atom is -0.406 e. The molecule has 1 atom stereocenters. The van der Waals surface area contributed by atoms with Crippen LogP contribution in [0, 0.1) is 17.0 Å². The van der Waals surface area contributed by atoms with Crippen molar-refractivity contribution >= 4 is 38.9 Å². The van der Waals surface area contributed by atoms with Crippen molar-refractivity contribution in [2.45, 2.75) is 19.9 Å². The Morgan fingerprint density at radius 1 is 1.34 bits per heavy atom. The maximum absolute atomic E-state index is 12.1. The van der Waals surface area contributed by atoms with E-state index in [1.165, 1.54) is 29.5 Å². The fourth-order valence-electron chi connectivity index (χ4n) is 2.56. The van der Waals surface area contributed by atoms with Gasteiger partial charge in [0.15, 0.2) is 5.78 Å². The Labute approximate surface area is 167 Å². The van der Waals surface area contributed by atoms with Gasteiger partial charge in [-0.3, -0.25) is 19.7 Å². The summed E-state index contributed by atoms with van der Waals surface area (Å²) in [6.45, 7) is 3.37. The number of hydrogen-bond donors (Lipinski definition) is 1. The zero-order chi connectivity index (χ0) is 21.1. The number of nitrogens with zero attached hydrogens (tertiary/aromatic N) is 2. The fourth-order valence-corrected chi connectivity index (χ4v) is 3.47. The molecule has 3 aromatic rings. The van der Waals surface area contributed by atoms with E-state index in [9.17, 15) is 24.5 Å². The van der Waals surface area contributed by atoms with Gasteiger partial charge in [0.2, 0.25) is 11.8 Å². The molecule has 9 nitrogen and oxygen atoms in total. The molecule has 0 spiro atoms. The van der Waals surface area contributed by atoms with Gasteiger partial charge in [-0.05, 0) is 30.9 Å². The predicted octanol–water partition coefficient (Wildman–Crippen LogP) is 3.08. The number of aromatic nitrogens is 1. The second kappa shape index (κ2) is 8.15. The average molecular weight is 413 g/mol. The van der Waals surface area contributed by atoms with Crippen LogP contribution in [0.4, 0.5) is 5.69 Å². The van der Waals surface area contributed by atoms with Crippen molar-refractivity contribution in [2.75, 3.05) is 0 Å². The Morgan fingerprint density at radius 3 is 2.83 bits per heavy atom. The molecule has 0 aliphatic heterocycles. The van der Waals surface area contributed by atoms with Crippen molar-refractivity contribution in [3.05, 3.63) is 79.3 Å². The van der Waals surface area contributed by atoms with Crippen LogP contribution < -0.4 is 10.9 Å². The summed E-state index contributed by atoms with van der Waals surface area (Å²) in [5.74, 6) is -1.11. The molecule has 0 unspecified atom stereocenters. The van der Waals surface area contributed by atoms with Gasteiger partial charge in [-0.15, -0.1) is 11.3 Å². The second-order valence-electron chi connectivity index (χ2n) is 6.17. The molecule has 1 N–H and O–H groups in total. The molecule has 29 heavy (non-hydrogen) atoms. The van der Waals surface area contributed by atoms with E-state index < -0.39 is 28.3 Å². The first-order valence-electron chi connectivity index (χ1n) is 8.42. The van der Waals surface area contributed by atoms with E-state index >= 15 is 0 Å². The number of nitro groups is 1. The lowest BCUT2D eigenvalue weighted by Gasteiger charge is -2.10. The molecular formula is C19H15N3O6S. The second-order valence-corrected chi connectivity index (χ2v) is 7.03. The SMILES string of the molecule is Cc1csc2nc([C@H](C)NC(=O)C=CC(=O)c3cccc([N+](=O)[O-])c3)oc(=O)c12. The molecule has 2 aromatic heterocycles. The van der Waals surface area contributed by atoms with E-state index in [0.29, 0.717) is 10.2 Å². The third-order valence-electron chi connectivity index (χ3n) is 4.03. The maximum Gasteiger partial charge on any atom is 0.348 e.